The Kier molecular flexibility index (Phi) is 3.07. The summed E-state index contributed by atoms with van der Waals surface area (Å²) in [5.74, 6) is -0.276. The van der Waals surface area contributed by atoms with E-state index in [9.17, 15) is 4.79 Å². The average Bonchev–Trinajstić information content (AvgIpc) is 2.68. The lowest BCUT2D eigenvalue weighted by Crippen LogP contribution is -2.12. The molecule has 3 N–H and O–H groups in total. The smallest absolute Gasteiger partial charge is 0.267 e. The lowest BCUT2D eigenvalue weighted by atomic mass is 10.3. The van der Waals surface area contributed by atoms with Crippen LogP contribution < -0.4 is 11.1 Å². The van der Waals surface area contributed by atoms with Gasteiger partial charge in [0.1, 0.15) is 4.88 Å². The Morgan fingerprint density at radius 2 is 2.31 bits per heavy atom. The maximum atomic E-state index is 11.8. The van der Waals surface area contributed by atoms with Gasteiger partial charge < -0.3 is 11.1 Å². The molecule has 82 valence electrons. The highest BCUT2D eigenvalue weighted by Crippen LogP contribution is 2.23. The van der Waals surface area contributed by atoms with Crippen molar-refractivity contribution in [3.8, 4) is 0 Å². The Labute approximate surface area is 101 Å². The SMILES string of the molecule is Nc1ccsc1C(=O)Nc1cccnc1Cl. The number of hydrogen-bond acceptors (Lipinski definition) is 4. The Morgan fingerprint density at radius 1 is 1.50 bits per heavy atom. The zero-order chi connectivity index (χ0) is 11.5. The lowest BCUT2D eigenvalue weighted by Gasteiger charge is -2.05. The molecule has 2 rings (SSSR count). The summed E-state index contributed by atoms with van der Waals surface area (Å²) in [6, 6.07) is 5.06. The summed E-state index contributed by atoms with van der Waals surface area (Å²) in [5.41, 5.74) is 6.57. The van der Waals surface area contributed by atoms with Crippen LogP contribution in [0.15, 0.2) is 29.8 Å². The fraction of sp³-hybridized carbons (Fsp3) is 0. The number of hydrogen-bond donors (Lipinski definition) is 2. The minimum Gasteiger partial charge on any atom is -0.397 e. The molecule has 0 atom stereocenters. The number of amides is 1. The standard InChI is InChI=1S/C10H8ClN3OS/c11-9-7(2-1-4-13-9)14-10(15)8-6(12)3-5-16-8/h1-5H,12H2,(H,14,15). The normalized spacial score (nSPS) is 10.1. The lowest BCUT2D eigenvalue weighted by molar-refractivity contribution is 0.103. The molecule has 2 aromatic rings. The van der Waals surface area contributed by atoms with Crippen molar-refractivity contribution in [3.63, 3.8) is 0 Å². The molecule has 0 bridgehead atoms. The minimum absolute atomic E-state index is 0.256. The number of rotatable bonds is 2. The molecule has 16 heavy (non-hydrogen) atoms. The molecule has 0 unspecified atom stereocenters. The maximum absolute atomic E-state index is 11.8. The second-order valence-corrected chi connectivity index (χ2v) is 4.28. The van der Waals surface area contributed by atoms with E-state index >= 15 is 0 Å². The van der Waals surface area contributed by atoms with E-state index in [1.54, 1.807) is 29.8 Å². The third-order valence-electron chi connectivity index (χ3n) is 1.91. The van der Waals surface area contributed by atoms with Gasteiger partial charge in [-0.1, -0.05) is 11.6 Å². The Balaban J connectivity index is 2.21. The number of carbonyl (C=O) groups is 1. The molecule has 0 aliphatic carbocycles. The fourth-order valence-electron chi connectivity index (χ4n) is 1.16. The molecular weight excluding hydrogens is 246 g/mol. The number of carbonyl (C=O) groups excluding carboxylic acids is 1. The molecule has 0 saturated carbocycles. The van der Waals surface area contributed by atoms with Crippen LogP contribution in [0.5, 0.6) is 0 Å². The van der Waals surface area contributed by atoms with Crippen LogP contribution in [0, 0.1) is 0 Å². The van der Waals surface area contributed by atoms with E-state index in [1.807, 2.05) is 0 Å². The van der Waals surface area contributed by atoms with Gasteiger partial charge in [-0.2, -0.15) is 0 Å². The highest BCUT2D eigenvalue weighted by molar-refractivity contribution is 7.12. The summed E-state index contributed by atoms with van der Waals surface area (Å²) in [7, 11) is 0. The highest BCUT2D eigenvalue weighted by Gasteiger charge is 2.12. The highest BCUT2D eigenvalue weighted by atomic mass is 35.5. The van der Waals surface area contributed by atoms with Crippen LogP contribution in [-0.2, 0) is 0 Å². The van der Waals surface area contributed by atoms with Crippen molar-refractivity contribution in [1.29, 1.82) is 0 Å². The summed E-state index contributed by atoms with van der Waals surface area (Å²) in [6.07, 6.45) is 1.55. The van der Waals surface area contributed by atoms with Crippen LogP contribution in [0.2, 0.25) is 5.15 Å². The van der Waals surface area contributed by atoms with Crippen molar-refractivity contribution < 1.29 is 4.79 Å². The van der Waals surface area contributed by atoms with Gasteiger partial charge in [-0.05, 0) is 23.6 Å². The number of thiophene rings is 1. The molecule has 0 fully saturated rings. The van der Waals surface area contributed by atoms with Crippen molar-refractivity contribution in [2.45, 2.75) is 0 Å². The minimum atomic E-state index is -0.276. The molecule has 0 aliphatic heterocycles. The Morgan fingerprint density at radius 3 is 2.94 bits per heavy atom. The monoisotopic (exact) mass is 253 g/mol. The van der Waals surface area contributed by atoms with Crippen LogP contribution in [0.1, 0.15) is 9.67 Å². The van der Waals surface area contributed by atoms with E-state index in [2.05, 4.69) is 10.3 Å². The molecule has 0 radical (unpaired) electrons. The first kappa shape index (κ1) is 10.9. The predicted molar refractivity (Wildman–Crippen MR) is 65.9 cm³/mol. The van der Waals surface area contributed by atoms with Crippen molar-refractivity contribution in [3.05, 3.63) is 39.8 Å². The van der Waals surface area contributed by atoms with E-state index in [4.69, 9.17) is 17.3 Å². The van der Waals surface area contributed by atoms with E-state index < -0.39 is 0 Å². The number of pyridine rings is 1. The van der Waals surface area contributed by atoms with Crippen LogP contribution in [-0.4, -0.2) is 10.9 Å². The van der Waals surface area contributed by atoms with E-state index in [0.29, 0.717) is 16.3 Å². The Bertz CT molecular complexity index is 526. The van der Waals surface area contributed by atoms with Gasteiger partial charge in [0, 0.05) is 6.20 Å². The van der Waals surface area contributed by atoms with Gasteiger partial charge in [0.25, 0.3) is 5.91 Å². The first-order valence-corrected chi connectivity index (χ1v) is 5.69. The van der Waals surface area contributed by atoms with Gasteiger partial charge in [-0.15, -0.1) is 11.3 Å². The summed E-state index contributed by atoms with van der Waals surface area (Å²) in [4.78, 5) is 16.1. The molecule has 0 aromatic carbocycles. The van der Waals surface area contributed by atoms with Crippen LogP contribution in [0.25, 0.3) is 0 Å². The first-order chi connectivity index (χ1) is 7.68. The Hall–Kier alpha value is -1.59. The van der Waals surface area contributed by atoms with Crippen molar-refractivity contribution >= 4 is 40.2 Å². The number of aromatic nitrogens is 1. The summed E-state index contributed by atoms with van der Waals surface area (Å²) in [6.45, 7) is 0. The topological polar surface area (TPSA) is 68.0 Å². The van der Waals surface area contributed by atoms with Gasteiger partial charge in [0.05, 0.1) is 11.4 Å². The number of nitrogens with zero attached hydrogens (tertiary/aromatic N) is 1. The van der Waals surface area contributed by atoms with Crippen molar-refractivity contribution in [1.82, 2.24) is 4.98 Å². The van der Waals surface area contributed by atoms with Gasteiger partial charge in [0.2, 0.25) is 0 Å². The molecule has 6 heteroatoms. The third kappa shape index (κ3) is 2.15. The molecule has 4 nitrogen and oxygen atoms in total. The number of nitrogen functional groups attached to an aromatic ring is 1. The van der Waals surface area contributed by atoms with Gasteiger partial charge in [-0.25, -0.2) is 4.98 Å². The number of anilines is 2. The molecule has 2 aromatic heterocycles. The summed E-state index contributed by atoms with van der Waals surface area (Å²) in [5, 5.41) is 4.67. The maximum Gasteiger partial charge on any atom is 0.267 e. The quantitative estimate of drug-likeness (QED) is 0.809. The molecule has 0 spiro atoms. The van der Waals surface area contributed by atoms with E-state index in [1.165, 1.54) is 11.3 Å². The molecule has 2 heterocycles. The van der Waals surface area contributed by atoms with Crippen molar-refractivity contribution in [2.75, 3.05) is 11.1 Å². The summed E-state index contributed by atoms with van der Waals surface area (Å²) >= 11 is 7.10. The largest absolute Gasteiger partial charge is 0.397 e. The van der Waals surface area contributed by atoms with E-state index in [0.717, 1.165) is 0 Å². The van der Waals surface area contributed by atoms with Gasteiger partial charge in [0.15, 0.2) is 5.15 Å². The molecular formula is C10H8ClN3OS. The zero-order valence-corrected chi connectivity index (χ0v) is 9.68. The van der Waals surface area contributed by atoms with E-state index in [-0.39, 0.29) is 11.1 Å². The van der Waals surface area contributed by atoms with Crippen LogP contribution in [0.3, 0.4) is 0 Å². The van der Waals surface area contributed by atoms with Gasteiger partial charge in [-0.3, -0.25) is 4.79 Å². The predicted octanol–water partition coefficient (Wildman–Crippen LogP) is 2.63. The second-order valence-electron chi connectivity index (χ2n) is 3.00. The number of nitrogens with one attached hydrogen (secondary N) is 1. The molecule has 1 amide bonds. The van der Waals surface area contributed by atoms with Crippen LogP contribution >= 0.6 is 22.9 Å². The second kappa shape index (κ2) is 4.51. The first-order valence-electron chi connectivity index (χ1n) is 4.43. The zero-order valence-electron chi connectivity index (χ0n) is 8.11. The average molecular weight is 254 g/mol. The summed E-state index contributed by atoms with van der Waals surface area (Å²) < 4.78 is 0. The number of halogens is 1. The molecule has 0 aliphatic rings. The molecule has 0 saturated heterocycles. The van der Waals surface area contributed by atoms with Crippen molar-refractivity contribution in [2.24, 2.45) is 0 Å². The number of nitrogens with two attached hydrogens (primary N) is 1. The van der Waals surface area contributed by atoms with Crippen LogP contribution in [0.4, 0.5) is 11.4 Å². The van der Waals surface area contributed by atoms with Gasteiger partial charge >= 0.3 is 0 Å². The third-order valence-corrected chi connectivity index (χ3v) is 3.14. The fourth-order valence-corrected chi connectivity index (χ4v) is 2.04.